The summed E-state index contributed by atoms with van der Waals surface area (Å²) in [6, 6.07) is 6.15. The van der Waals surface area contributed by atoms with Gasteiger partial charge in [-0.25, -0.2) is 4.39 Å². The molecule has 0 spiro atoms. The number of ether oxygens (including phenoxy) is 1. The van der Waals surface area contributed by atoms with E-state index in [-0.39, 0.29) is 18.7 Å². The minimum absolute atomic E-state index is 0.0402. The third kappa shape index (κ3) is 5.25. The Morgan fingerprint density at radius 2 is 2.32 bits per heavy atom. The zero-order valence-corrected chi connectivity index (χ0v) is 11.0. The Balaban J connectivity index is 2.40. The van der Waals surface area contributed by atoms with Gasteiger partial charge >= 0.3 is 0 Å². The minimum atomic E-state index is -0.688. The Labute approximate surface area is 112 Å². The van der Waals surface area contributed by atoms with Crippen LogP contribution in [0, 0.1) is 17.1 Å². The second-order valence-electron chi connectivity index (χ2n) is 4.24. The summed E-state index contributed by atoms with van der Waals surface area (Å²) in [5.41, 5.74) is 0.344. The molecule has 1 unspecified atom stereocenters. The normalized spacial score (nSPS) is 11.9. The molecule has 0 bridgehead atoms. The molecule has 1 aromatic carbocycles. The zero-order valence-electron chi connectivity index (χ0n) is 11.0. The van der Waals surface area contributed by atoms with E-state index in [0.29, 0.717) is 12.3 Å². The van der Waals surface area contributed by atoms with Crippen LogP contribution in [-0.2, 0) is 4.74 Å². The summed E-state index contributed by atoms with van der Waals surface area (Å²) in [4.78, 5) is 0. The van der Waals surface area contributed by atoms with Crippen LogP contribution in [0.1, 0.15) is 25.3 Å². The number of halogens is 1. The van der Waals surface area contributed by atoms with Gasteiger partial charge in [-0.05, 0) is 18.6 Å². The molecule has 1 rings (SSSR count). The van der Waals surface area contributed by atoms with Crippen molar-refractivity contribution in [2.45, 2.75) is 25.9 Å². The van der Waals surface area contributed by atoms with Crippen LogP contribution < -0.4 is 5.32 Å². The average molecular weight is 266 g/mol. The molecule has 0 heterocycles. The lowest BCUT2D eigenvalue weighted by atomic mass is 10.2. The lowest BCUT2D eigenvalue weighted by molar-refractivity contribution is 0.0421. The first kappa shape index (κ1) is 15.4. The number of unbranched alkanes of at least 4 members (excludes halogenated alkanes) is 1. The van der Waals surface area contributed by atoms with E-state index in [1.165, 1.54) is 12.1 Å². The lowest BCUT2D eigenvalue weighted by Gasteiger charge is -2.14. The van der Waals surface area contributed by atoms with Gasteiger partial charge in [0.05, 0.1) is 18.4 Å². The number of benzene rings is 1. The quantitative estimate of drug-likeness (QED) is 0.708. The van der Waals surface area contributed by atoms with Crippen LogP contribution in [-0.4, -0.2) is 31.0 Å². The van der Waals surface area contributed by atoms with E-state index < -0.39 is 11.9 Å². The molecule has 5 heteroatoms. The number of anilines is 1. The lowest BCUT2D eigenvalue weighted by Crippen LogP contribution is -2.25. The number of rotatable bonds is 8. The fourth-order valence-corrected chi connectivity index (χ4v) is 1.54. The maximum Gasteiger partial charge on any atom is 0.143 e. The van der Waals surface area contributed by atoms with E-state index in [1.807, 2.05) is 0 Å². The van der Waals surface area contributed by atoms with Crippen LogP contribution in [0.2, 0.25) is 0 Å². The van der Waals surface area contributed by atoms with E-state index in [9.17, 15) is 9.50 Å². The second-order valence-corrected chi connectivity index (χ2v) is 4.24. The Hall–Kier alpha value is -1.64. The van der Waals surface area contributed by atoms with E-state index in [1.54, 1.807) is 12.1 Å². The van der Waals surface area contributed by atoms with Gasteiger partial charge in [-0.2, -0.15) is 5.26 Å². The number of nitriles is 1. The summed E-state index contributed by atoms with van der Waals surface area (Å²) < 4.78 is 18.6. The predicted octanol–water partition coefficient (Wildman–Crippen LogP) is 2.29. The van der Waals surface area contributed by atoms with Gasteiger partial charge in [0.15, 0.2) is 0 Å². The van der Waals surface area contributed by atoms with Crippen LogP contribution in [0.25, 0.3) is 0 Å². The molecule has 2 N–H and O–H groups in total. The maximum atomic E-state index is 13.3. The molecular weight excluding hydrogens is 247 g/mol. The van der Waals surface area contributed by atoms with Crippen LogP contribution in [0.15, 0.2) is 18.2 Å². The van der Waals surface area contributed by atoms with Gasteiger partial charge in [0, 0.05) is 13.2 Å². The van der Waals surface area contributed by atoms with Crippen LogP contribution in [0.5, 0.6) is 0 Å². The minimum Gasteiger partial charge on any atom is -0.389 e. The molecule has 19 heavy (non-hydrogen) atoms. The van der Waals surface area contributed by atoms with Gasteiger partial charge in [-0.15, -0.1) is 0 Å². The highest BCUT2D eigenvalue weighted by molar-refractivity contribution is 5.57. The molecule has 0 saturated heterocycles. The van der Waals surface area contributed by atoms with Crippen molar-refractivity contribution in [1.29, 1.82) is 5.26 Å². The summed E-state index contributed by atoms with van der Waals surface area (Å²) in [7, 11) is 0. The number of aliphatic hydroxyl groups excluding tert-OH is 1. The van der Waals surface area contributed by atoms with Crippen molar-refractivity contribution in [1.82, 2.24) is 0 Å². The summed E-state index contributed by atoms with van der Waals surface area (Å²) in [6.45, 7) is 3.13. The number of nitrogens with zero attached hydrogens (tertiary/aromatic N) is 1. The van der Waals surface area contributed by atoms with Crippen molar-refractivity contribution < 1.29 is 14.2 Å². The van der Waals surface area contributed by atoms with E-state index in [0.717, 1.165) is 12.8 Å². The van der Waals surface area contributed by atoms with E-state index in [4.69, 9.17) is 10.00 Å². The average Bonchev–Trinajstić information content (AvgIpc) is 2.41. The molecule has 0 radical (unpaired) electrons. The molecular formula is C14H19FN2O2. The topological polar surface area (TPSA) is 65.3 Å². The molecule has 0 aliphatic carbocycles. The van der Waals surface area contributed by atoms with Crippen LogP contribution in [0.4, 0.5) is 10.1 Å². The Morgan fingerprint density at radius 1 is 1.53 bits per heavy atom. The summed E-state index contributed by atoms with van der Waals surface area (Å²) in [6.07, 6.45) is 1.32. The fourth-order valence-electron chi connectivity index (χ4n) is 1.54. The molecule has 1 atom stereocenters. The zero-order chi connectivity index (χ0) is 14.1. The number of hydrogen-bond donors (Lipinski definition) is 2. The highest BCUT2D eigenvalue weighted by Gasteiger charge is 2.09. The molecule has 0 fully saturated rings. The van der Waals surface area contributed by atoms with Gasteiger partial charge in [0.25, 0.3) is 0 Å². The monoisotopic (exact) mass is 266 g/mol. The molecule has 1 aromatic rings. The molecule has 104 valence electrons. The Kier molecular flexibility index (Phi) is 6.86. The molecule has 4 nitrogen and oxygen atoms in total. The molecule has 0 saturated carbocycles. The first-order chi connectivity index (χ1) is 9.19. The first-order valence-corrected chi connectivity index (χ1v) is 6.37. The Morgan fingerprint density at radius 3 is 3.00 bits per heavy atom. The fraction of sp³-hybridized carbons (Fsp3) is 0.500. The van der Waals surface area contributed by atoms with Crippen molar-refractivity contribution in [3.05, 3.63) is 29.6 Å². The highest BCUT2D eigenvalue weighted by atomic mass is 19.1. The van der Waals surface area contributed by atoms with Crippen LogP contribution >= 0.6 is 0 Å². The smallest absolute Gasteiger partial charge is 0.143 e. The maximum absolute atomic E-state index is 13.3. The largest absolute Gasteiger partial charge is 0.389 e. The second kappa shape index (κ2) is 8.46. The van der Waals surface area contributed by atoms with E-state index in [2.05, 4.69) is 12.2 Å². The number of hydrogen-bond acceptors (Lipinski definition) is 4. The molecule has 0 aliphatic heterocycles. The van der Waals surface area contributed by atoms with Crippen molar-refractivity contribution >= 4 is 5.69 Å². The van der Waals surface area contributed by atoms with E-state index >= 15 is 0 Å². The SMILES string of the molecule is CCCCOCC(O)CNc1cccc(F)c1C#N. The third-order valence-corrected chi connectivity index (χ3v) is 2.61. The van der Waals surface area contributed by atoms with Crippen molar-refractivity contribution in [3.8, 4) is 6.07 Å². The van der Waals surface area contributed by atoms with Crippen molar-refractivity contribution in [2.24, 2.45) is 0 Å². The highest BCUT2D eigenvalue weighted by Crippen LogP contribution is 2.17. The van der Waals surface area contributed by atoms with Crippen molar-refractivity contribution in [3.63, 3.8) is 0 Å². The molecule has 0 aliphatic rings. The van der Waals surface area contributed by atoms with Crippen LogP contribution in [0.3, 0.4) is 0 Å². The third-order valence-electron chi connectivity index (χ3n) is 2.61. The first-order valence-electron chi connectivity index (χ1n) is 6.37. The van der Waals surface area contributed by atoms with Gasteiger partial charge in [0.2, 0.25) is 0 Å². The summed E-state index contributed by atoms with van der Waals surface area (Å²) in [5.74, 6) is -0.568. The Bertz CT molecular complexity index is 432. The number of nitrogens with one attached hydrogen (secondary N) is 1. The predicted molar refractivity (Wildman–Crippen MR) is 71.3 cm³/mol. The summed E-state index contributed by atoms with van der Waals surface area (Å²) >= 11 is 0. The van der Waals surface area contributed by atoms with Crippen molar-refractivity contribution in [2.75, 3.05) is 25.1 Å². The molecule has 0 aromatic heterocycles. The van der Waals surface area contributed by atoms with Gasteiger partial charge in [-0.3, -0.25) is 0 Å². The van der Waals surface area contributed by atoms with Gasteiger partial charge < -0.3 is 15.2 Å². The van der Waals surface area contributed by atoms with Gasteiger partial charge in [-0.1, -0.05) is 19.4 Å². The van der Waals surface area contributed by atoms with Gasteiger partial charge in [0.1, 0.15) is 17.4 Å². The number of aliphatic hydroxyl groups is 1. The standard InChI is InChI=1S/C14H19FN2O2/c1-2-3-7-19-10-11(18)9-17-14-6-4-5-13(15)12(14)8-16/h4-6,11,17-18H,2-3,7,9-10H2,1H3. The summed E-state index contributed by atoms with van der Waals surface area (Å²) in [5, 5.41) is 21.4. The molecule has 0 amide bonds.